The lowest BCUT2D eigenvalue weighted by atomic mass is 10.1. The molecule has 0 heterocycles. The van der Waals surface area contributed by atoms with Crippen LogP contribution in [-0.2, 0) is 4.74 Å². The van der Waals surface area contributed by atoms with Crippen LogP contribution in [0.2, 0.25) is 0 Å². The molecule has 2 N–H and O–H groups in total. The molecule has 0 amide bonds. The Hall–Kier alpha value is -1.58. The zero-order valence-electron chi connectivity index (χ0n) is 9.66. The zero-order valence-corrected chi connectivity index (χ0v) is 9.66. The van der Waals surface area contributed by atoms with Gasteiger partial charge in [-0.3, -0.25) is 0 Å². The molecule has 1 aromatic carbocycles. The van der Waals surface area contributed by atoms with Crippen molar-refractivity contribution in [3.63, 3.8) is 0 Å². The average molecular weight is 225 g/mol. The lowest BCUT2D eigenvalue weighted by Crippen LogP contribution is -2.20. The molecule has 1 aromatic rings. The van der Waals surface area contributed by atoms with Crippen LogP contribution in [0.1, 0.15) is 31.1 Å². The van der Waals surface area contributed by atoms with Gasteiger partial charge in [0.05, 0.1) is 11.3 Å². The maximum Gasteiger partial charge on any atom is 0.338 e. The van der Waals surface area contributed by atoms with E-state index in [1.807, 2.05) is 20.8 Å². The molecule has 0 bridgehead atoms. The third kappa shape index (κ3) is 2.95. The third-order valence-corrected chi connectivity index (χ3v) is 2.46. The summed E-state index contributed by atoms with van der Waals surface area (Å²) in [6, 6.07) is 3.80. The van der Waals surface area contributed by atoms with E-state index in [4.69, 9.17) is 10.5 Å². The molecule has 4 heteroatoms. The Morgan fingerprint density at radius 2 is 2.00 bits per heavy atom. The average Bonchev–Trinajstić information content (AvgIpc) is 2.21. The van der Waals surface area contributed by atoms with Crippen molar-refractivity contribution in [3.8, 4) is 0 Å². The first kappa shape index (κ1) is 12.5. The normalized spacial score (nSPS) is 12.6. The van der Waals surface area contributed by atoms with Gasteiger partial charge in [-0.1, -0.05) is 13.8 Å². The van der Waals surface area contributed by atoms with Crippen molar-refractivity contribution in [2.75, 3.05) is 5.73 Å². The number of carbonyl (C=O) groups is 1. The Morgan fingerprint density at radius 1 is 1.38 bits per heavy atom. The molecular weight excluding hydrogens is 209 g/mol. The SMILES string of the molecule is CC(C)C(C)OC(=O)c1ccc(F)c(N)c1. The molecule has 0 fully saturated rings. The molecule has 1 atom stereocenters. The highest BCUT2D eigenvalue weighted by Gasteiger charge is 2.15. The van der Waals surface area contributed by atoms with Gasteiger partial charge in [0, 0.05) is 0 Å². The van der Waals surface area contributed by atoms with E-state index in [2.05, 4.69) is 0 Å². The molecule has 16 heavy (non-hydrogen) atoms. The van der Waals surface area contributed by atoms with E-state index in [-0.39, 0.29) is 23.3 Å². The largest absolute Gasteiger partial charge is 0.459 e. The lowest BCUT2D eigenvalue weighted by molar-refractivity contribution is 0.0238. The van der Waals surface area contributed by atoms with Gasteiger partial charge in [-0.25, -0.2) is 9.18 Å². The zero-order chi connectivity index (χ0) is 12.3. The van der Waals surface area contributed by atoms with Crippen LogP contribution in [0.4, 0.5) is 10.1 Å². The minimum atomic E-state index is -0.534. The Morgan fingerprint density at radius 3 is 2.50 bits per heavy atom. The first-order valence-electron chi connectivity index (χ1n) is 5.18. The Labute approximate surface area is 94.4 Å². The standard InChI is InChI=1S/C12H16FNO2/c1-7(2)8(3)16-12(15)9-4-5-10(13)11(14)6-9/h4-8H,14H2,1-3H3. The molecular formula is C12H16FNO2. The van der Waals surface area contributed by atoms with Crippen LogP contribution < -0.4 is 5.73 Å². The number of halogens is 1. The van der Waals surface area contributed by atoms with Gasteiger partial charge in [0.25, 0.3) is 0 Å². The van der Waals surface area contributed by atoms with Gasteiger partial charge in [-0.05, 0) is 31.0 Å². The molecule has 0 saturated heterocycles. The molecule has 0 spiro atoms. The summed E-state index contributed by atoms with van der Waals surface area (Å²) in [6.45, 7) is 5.73. The van der Waals surface area contributed by atoms with Crippen molar-refractivity contribution in [1.29, 1.82) is 0 Å². The number of anilines is 1. The summed E-state index contributed by atoms with van der Waals surface area (Å²) in [6.07, 6.45) is -0.182. The number of hydrogen-bond acceptors (Lipinski definition) is 3. The molecule has 88 valence electrons. The van der Waals surface area contributed by atoms with Gasteiger partial charge < -0.3 is 10.5 Å². The molecule has 0 aliphatic carbocycles. The fraction of sp³-hybridized carbons (Fsp3) is 0.417. The highest BCUT2D eigenvalue weighted by atomic mass is 19.1. The van der Waals surface area contributed by atoms with E-state index in [0.717, 1.165) is 6.07 Å². The van der Waals surface area contributed by atoms with Crippen LogP contribution >= 0.6 is 0 Å². The predicted octanol–water partition coefficient (Wildman–Crippen LogP) is 2.61. The summed E-state index contributed by atoms with van der Waals surface area (Å²) >= 11 is 0. The highest BCUT2D eigenvalue weighted by Crippen LogP contribution is 2.15. The van der Waals surface area contributed by atoms with Gasteiger partial charge in [0.2, 0.25) is 0 Å². The van der Waals surface area contributed by atoms with E-state index in [1.54, 1.807) is 0 Å². The number of benzene rings is 1. The van der Waals surface area contributed by atoms with E-state index < -0.39 is 11.8 Å². The molecule has 1 rings (SSSR count). The van der Waals surface area contributed by atoms with E-state index >= 15 is 0 Å². The van der Waals surface area contributed by atoms with Gasteiger partial charge in [-0.15, -0.1) is 0 Å². The van der Waals surface area contributed by atoms with Crippen molar-refractivity contribution in [1.82, 2.24) is 0 Å². The maximum absolute atomic E-state index is 12.9. The summed E-state index contributed by atoms with van der Waals surface area (Å²) in [5.74, 6) is -0.775. The van der Waals surface area contributed by atoms with Crippen molar-refractivity contribution >= 4 is 11.7 Å². The van der Waals surface area contributed by atoms with Gasteiger partial charge in [-0.2, -0.15) is 0 Å². The summed E-state index contributed by atoms with van der Waals surface area (Å²) in [4.78, 5) is 11.6. The van der Waals surface area contributed by atoms with Crippen LogP contribution in [0, 0.1) is 11.7 Å². The molecule has 0 radical (unpaired) electrons. The number of esters is 1. The number of rotatable bonds is 3. The van der Waals surface area contributed by atoms with E-state index in [1.165, 1.54) is 12.1 Å². The quantitative estimate of drug-likeness (QED) is 0.635. The van der Waals surface area contributed by atoms with E-state index in [9.17, 15) is 9.18 Å². The number of ether oxygens (including phenoxy) is 1. The van der Waals surface area contributed by atoms with Crippen LogP contribution in [0.25, 0.3) is 0 Å². The van der Waals surface area contributed by atoms with Crippen LogP contribution in [0.3, 0.4) is 0 Å². The fourth-order valence-electron chi connectivity index (χ4n) is 1.04. The van der Waals surface area contributed by atoms with E-state index in [0.29, 0.717) is 0 Å². The molecule has 0 aliphatic heterocycles. The van der Waals surface area contributed by atoms with Crippen molar-refractivity contribution in [2.45, 2.75) is 26.9 Å². The molecule has 0 saturated carbocycles. The summed E-state index contributed by atoms with van der Waals surface area (Å²) in [5.41, 5.74) is 5.59. The molecule has 3 nitrogen and oxygen atoms in total. The van der Waals surface area contributed by atoms with Gasteiger partial charge in [0.1, 0.15) is 11.9 Å². The monoisotopic (exact) mass is 225 g/mol. The lowest BCUT2D eigenvalue weighted by Gasteiger charge is -2.16. The second-order valence-electron chi connectivity index (χ2n) is 4.09. The topological polar surface area (TPSA) is 52.3 Å². The van der Waals surface area contributed by atoms with Crippen molar-refractivity contribution in [2.24, 2.45) is 5.92 Å². The molecule has 0 aliphatic rings. The van der Waals surface area contributed by atoms with Crippen LogP contribution in [0.5, 0.6) is 0 Å². The van der Waals surface area contributed by atoms with Crippen molar-refractivity contribution in [3.05, 3.63) is 29.6 Å². The first-order chi connectivity index (χ1) is 7.41. The summed E-state index contributed by atoms with van der Waals surface area (Å²) in [5, 5.41) is 0. The summed E-state index contributed by atoms with van der Waals surface area (Å²) < 4.78 is 18.1. The maximum atomic E-state index is 12.9. The summed E-state index contributed by atoms with van der Waals surface area (Å²) in [7, 11) is 0. The molecule has 1 unspecified atom stereocenters. The number of nitrogen functional groups attached to an aromatic ring is 1. The molecule has 0 aromatic heterocycles. The smallest absolute Gasteiger partial charge is 0.338 e. The fourth-order valence-corrected chi connectivity index (χ4v) is 1.04. The second-order valence-corrected chi connectivity index (χ2v) is 4.09. The van der Waals surface area contributed by atoms with Crippen molar-refractivity contribution < 1.29 is 13.9 Å². The number of nitrogens with two attached hydrogens (primary N) is 1. The number of hydrogen-bond donors (Lipinski definition) is 1. The minimum Gasteiger partial charge on any atom is -0.459 e. The Kier molecular flexibility index (Phi) is 3.88. The minimum absolute atomic E-state index is 0.0494. The van der Waals surface area contributed by atoms with Gasteiger partial charge >= 0.3 is 5.97 Å². The highest BCUT2D eigenvalue weighted by molar-refractivity contribution is 5.90. The number of carbonyl (C=O) groups excluding carboxylic acids is 1. The van der Waals surface area contributed by atoms with Crippen LogP contribution in [-0.4, -0.2) is 12.1 Å². The second kappa shape index (κ2) is 4.96. The predicted molar refractivity (Wildman–Crippen MR) is 60.5 cm³/mol. The van der Waals surface area contributed by atoms with Crippen LogP contribution in [0.15, 0.2) is 18.2 Å². The van der Waals surface area contributed by atoms with Gasteiger partial charge in [0.15, 0.2) is 0 Å². The Balaban J connectivity index is 2.77. The Bertz CT molecular complexity index is 391. The first-order valence-corrected chi connectivity index (χ1v) is 5.18. The third-order valence-electron chi connectivity index (χ3n) is 2.46.